The maximum absolute atomic E-state index is 12.5. The molecule has 0 fully saturated rings. The van der Waals surface area contributed by atoms with Gasteiger partial charge in [-0.2, -0.15) is 0 Å². The van der Waals surface area contributed by atoms with E-state index in [0.717, 1.165) is 22.3 Å². The van der Waals surface area contributed by atoms with Crippen LogP contribution in [0.15, 0.2) is 53.1 Å². The van der Waals surface area contributed by atoms with E-state index in [1.165, 1.54) is 0 Å². The van der Waals surface area contributed by atoms with Gasteiger partial charge in [0.1, 0.15) is 17.5 Å². The summed E-state index contributed by atoms with van der Waals surface area (Å²) in [5, 5.41) is 15.2. The highest BCUT2D eigenvalue weighted by molar-refractivity contribution is 5.85. The second-order valence-electron chi connectivity index (χ2n) is 10.9. The third-order valence-electron chi connectivity index (χ3n) is 5.84. The zero-order valence-corrected chi connectivity index (χ0v) is 22.4. The summed E-state index contributed by atoms with van der Waals surface area (Å²) >= 11 is 0. The number of nitrogens with zero attached hydrogens (tertiary/aromatic N) is 1. The topological polar surface area (TPSA) is 98.6 Å². The van der Waals surface area contributed by atoms with Crippen molar-refractivity contribution in [3.8, 4) is 17.0 Å². The van der Waals surface area contributed by atoms with E-state index in [1.54, 1.807) is 13.0 Å². The Morgan fingerprint density at radius 1 is 1.03 bits per heavy atom. The van der Waals surface area contributed by atoms with Crippen LogP contribution in [0, 0.1) is 0 Å². The van der Waals surface area contributed by atoms with Crippen molar-refractivity contribution in [3.05, 3.63) is 71.0 Å². The van der Waals surface area contributed by atoms with Crippen molar-refractivity contribution in [1.82, 2.24) is 5.16 Å². The lowest BCUT2D eigenvalue weighted by Gasteiger charge is -2.28. The number of rotatable bonds is 6. The highest BCUT2D eigenvalue weighted by atomic mass is 35.5. The Kier molecular flexibility index (Phi) is 8.79. The van der Waals surface area contributed by atoms with Crippen LogP contribution in [0.25, 0.3) is 11.3 Å². The van der Waals surface area contributed by atoms with Crippen molar-refractivity contribution in [2.45, 2.75) is 77.9 Å². The molecule has 2 atom stereocenters. The van der Waals surface area contributed by atoms with Gasteiger partial charge in [-0.25, -0.2) is 0 Å². The molecule has 0 saturated carbocycles. The number of esters is 1. The fourth-order valence-electron chi connectivity index (χ4n) is 3.81. The average Bonchev–Trinajstić information content (AvgIpc) is 3.23. The van der Waals surface area contributed by atoms with Gasteiger partial charge in [0.15, 0.2) is 11.9 Å². The molecule has 0 bridgehead atoms. The number of ether oxygens (including phenoxy) is 1. The molecule has 3 aromatic rings. The third kappa shape index (κ3) is 6.86. The van der Waals surface area contributed by atoms with Crippen LogP contribution >= 0.6 is 12.4 Å². The zero-order chi connectivity index (χ0) is 25.3. The Bertz CT molecular complexity index is 1110. The molecule has 2 aromatic carbocycles. The first-order chi connectivity index (χ1) is 15.8. The highest BCUT2D eigenvalue weighted by Crippen LogP contribution is 2.42. The molecule has 0 radical (unpaired) electrons. The Morgan fingerprint density at radius 2 is 1.57 bits per heavy atom. The highest BCUT2D eigenvalue weighted by Gasteiger charge is 2.28. The first-order valence-corrected chi connectivity index (χ1v) is 11.6. The van der Waals surface area contributed by atoms with E-state index in [1.807, 2.05) is 42.5 Å². The fourth-order valence-corrected chi connectivity index (χ4v) is 3.81. The second kappa shape index (κ2) is 10.8. The Morgan fingerprint density at radius 3 is 2.09 bits per heavy atom. The quantitative estimate of drug-likeness (QED) is 0.389. The number of phenols is 1. The molecule has 190 valence electrons. The molecule has 0 spiro atoms. The molecule has 6 nitrogen and oxygen atoms in total. The summed E-state index contributed by atoms with van der Waals surface area (Å²) in [6.07, 6.45) is -0.246. The number of hydrogen-bond acceptors (Lipinski definition) is 6. The van der Waals surface area contributed by atoms with Crippen LogP contribution in [0.4, 0.5) is 0 Å². The summed E-state index contributed by atoms with van der Waals surface area (Å²) in [5.74, 6) is 0.240. The van der Waals surface area contributed by atoms with Crippen LogP contribution in [-0.4, -0.2) is 22.3 Å². The van der Waals surface area contributed by atoms with Crippen LogP contribution in [0.3, 0.4) is 0 Å². The van der Waals surface area contributed by atoms with Crippen LogP contribution in [0.2, 0.25) is 0 Å². The molecule has 1 unspecified atom stereocenters. The monoisotopic (exact) mass is 500 g/mol. The van der Waals surface area contributed by atoms with Crippen molar-refractivity contribution in [2.24, 2.45) is 5.73 Å². The van der Waals surface area contributed by atoms with Crippen LogP contribution in [0.1, 0.15) is 77.0 Å². The SMILES string of the molecule is CC(OC(=O)[C@@H](N)Cc1ccccc1)c1cc(-c2cc(C(C)(C)C)c(O)c(C(C)(C)C)c2)no1.Cl. The molecule has 3 rings (SSSR count). The third-order valence-corrected chi connectivity index (χ3v) is 5.84. The number of benzene rings is 2. The molecule has 0 amide bonds. The van der Waals surface area contributed by atoms with Gasteiger partial charge in [0.25, 0.3) is 0 Å². The molecule has 3 N–H and O–H groups in total. The van der Waals surface area contributed by atoms with Gasteiger partial charge >= 0.3 is 5.97 Å². The fraction of sp³-hybridized carbons (Fsp3) is 0.429. The molecule has 1 heterocycles. The van der Waals surface area contributed by atoms with Crippen molar-refractivity contribution >= 4 is 18.4 Å². The average molecular weight is 501 g/mol. The van der Waals surface area contributed by atoms with Crippen LogP contribution < -0.4 is 5.73 Å². The molecule has 7 heteroatoms. The smallest absolute Gasteiger partial charge is 0.323 e. The van der Waals surface area contributed by atoms with Gasteiger partial charge in [-0.3, -0.25) is 4.79 Å². The summed E-state index contributed by atoms with van der Waals surface area (Å²) < 4.78 is 11.1. The lowest BCUT2D eigenvalue weighted by molar-refractivity contribution is -0.151. The summed E-state index contributed by atoms with van der Waals surface area (Å²) in [6, 6.07) is 14.5. The van der Waals surface area contributed by atoms with Crippen molar-refractivity contribution in [2.75, 3.05) is 0 Å². The lowest BCUT2D eigenvalue weighted by Crippen LogP contribution is -2.34. The van der Waals surface area contributed by atoms with E-state index in [2.05, 4.69) is 46.7 Å². The summed E-state index contributed by atoms with van der Waals surface area (Å²) in [7, 11) is 0. The Labute approximate surface area is 214 Å². The molecule has 0 saturated heterocycles. The summed E-state index contributed by atoms with van der Waals surface area (Å²) in [5.41, 5.74) is 9.63. The molecular formula is C28H37ClN2O4. The van der Waals surface area contributed by atoms with Gasteiger partial charge in [0.2, 0.25) is 0 Å². The first-order valence-electron chi connectivity index (χ1n) is 11.6. The standard InChI is InChI=1S/C28H36N2O4.ClH/c1-17(33-26(32)22(29)13-18-11-9-8-10-12-18)24-16-23(30-34-24)19-14-20(27(2,3)4)25(31)21(15-19)28(5,6)7;/h8-12,14-17,22,31H,13,29H2,1-7H3;1H/t17?,22-;/m0./s1. The minimum Gasteiger partial charge on any atom is -0.507 e. The van der Waals surface area contributed by atoms with Gasteiger partial charge in [-0.15, -0.1) is 12.4 Å². The van der Waals surface area contributed by atoms with Gasteiger partial charge in [-0.05, 0) is 41.9 Å². The van der Waals surface area contributed by atoms with Crippen molar-refractivity contribution < 1.29 is 19.2 Å². The maximum Gasteiger partial charge on any atom is 0.323 e. The predicted octanol–water partition coefficient (Wildman–Crippen LogP) is 6.24. The zero-order valence-electron chi connectivity index (χ0n) is 21.6. The maximum atomic E-state index is 12.5. The largest absolute Gasteiger partial charge is 0.507 e. The van der Waals surface area contributed by atoms with E-state index in [0.29, 0.717) is 23.6 Å². The minimum absolute atomic E-state index is 0. The molecule has 0 aliphatic heterocycles. The molecule has 0 aliphatic carbocycles. The second-order valence-corrected chi connectivity index (χ2v) is 10.9. The first kappa shape index (κ1) is 28.4. The lowest BCUT2D eigenvalue weighted by atomic mass is 9.78. The summed E-state index contributed by atoms with van der Waals surface area (Å²) in [6.45, 7) is 14.1. The number of halogens is 1. The summed E-state index contributed by atoms with van der Waals surface area (Å²) in [4.78, 5) is 12.5. The van der Waals surface area contributed by atoms with E-state index in [-0.39, 0.29) is 23.2 Å². The molecule has 35 heavy (non-hydrogen) atoms. The van der Waals surface area contributed by atoms with Gasteiger partial charge < -0.3 is 20.1 Å². The number of nitrogens with two attached hydrogens (primary N) is 1. The predicted molar refractivity (Wildman–Crippen MR) is 141 cm³/mol. The van der Waals surface area contributed by atoms with Gasteiger partial charge in [-0.1, -0.05) is 77.0 Å². The molecule has 1 aromatic heterocycles. The molecular weight excluding hydrogens is 464 g/mol. The normalized spacial score (nSPS) is 13.6. The number of carbonyl (C=O) groups is 1. The minimum atomic E-state index is -0.770. The van der Waals surface area contributed by atoms with E-state index >= 15 is 0 Å². The Hall–Kier alpha value is -2.83. The number of phenolic OH excluding ortho intramolecular Hbond substituents is 1. The number of aromatic hydroxyl groups is 1. The number of hydrogen-bond donors (Lipinski definition) is 2. The van der Waals surface area contributed by atoms with E-state index < -0.39 is 18.1 Å². The van der Waals surface area contributed by atoms with Crippen LogP contribution in [0.5, 0.6) is 5.75 Å². The number of aromatic nitrogens is 1. The van der Waals surface area contributed by atoms with Crippen molar-refractivity contribution in [3.63, 3.8) is 0 Å². The number of carbonyl (C=O) groups excluding carboxylic acids is 1. The Balaban J connectivity index is 0.00000432. The van der Waals surface area contributed by atoms with Crippen molar-refractivity contribution in [1.29, 1.82) is 0 Å². The molecule has 0 aliphatic rings. The van der Waals surface area contributed by atoms with Crippen LogP contribution in [-0.2, 0) is 26.8 Å². The van der Waals surface area contributed by atoms with E-state index in [9.17, 15) is 9.90 Å². The van der Waals surface area contributed by atoms with Gasteiger partial charge in [0.05, 0.1) is 0 Å². The van der Waals surface area contributed by atoms with E-state index in [4.69, 9.17) is 15.0 Å². The van der Waals surface area contributed by atoms with Gasteiger partial charge in [0, 0.05) is 22.8 Å².